The van der Waals surface area contributed by atoms with Crippen LogP contribution in [0, 0.1) is 11.3 Å². The van der Waals surface area contributed by atoms with Gasteiger partial charge in [-0.25, -0.2) is 0 Å². The van der Waals surface area contributed by atoms with E-state index < -0.39 is 0 Å². The van der Waals surface area contributed by atoms with Crippen molar-refractivity contribution in [2.45, 2.75) is 90.1 Å². The summed E-state index contributed by atoms with van der Waals surface area (Å²) in [5, 5.41) is 0. The van der Waals surface area contributed by atoms with Crippen molar-refractivity contribution in [1.82, 2.24) is 4.90 Å². The zero-order chi connectivity index (χ0) is 14.8. The van der Waals surface area contributed by atoms with Crippen molar-refractivity contribution >= 4 is 0 Å². The Morgan fingerprint density at radius 3 is 2.45 bits per heavy atom. The van der Waals surface area contributed by atoms with Gasteiger partial charge in [0.25, 0.3) is 0 Å². The molecule has 0 spiro atoms. The predicted molar refractivity (Wildman–Crippen MR) is 87.8 cm³/mol. The lowest BCUT2D eigenvalue weighted by Gasteiger charge is -2.47. The Morgan fingerprint density at radius 2 is 1.80 bits per heavy atom. The smallest absolute Gasteiger partial charge is 0.0331 e. The molecule has 2 saturated carbocycles. The van der Waals surface area contributed by atoms with Crippen molar-refractivity contribution in [3.8, 4) is 0 Å². The minimum absolute atomic E-state index is 0.273. The van der Waals surface area contributed by atoms with E-state index >= 15 is 0 Å². The minimum atomic E-state index is 0.273. The number of nitrogens with two attached hydrogens (primary N) is 1. The van der Waals surface area contributed by atoms with Crippen LogP contribution < -0.4 is 5.73 Å². The molecule has 0 amide bonds. The molecule has 0 bridgehead atoms. The van der Waals surface area contributed by atoms with Gasteiger partial charge in [0.05, 0.1) is 0 Å². The lowest BCUT2D eigenvalue weighted by atomic mass is 9.80. The molecule has 2 fully saturated rings. The highest BCUT2D eigenvalue weighted by Crippen LogP contribution is 2.42. The summed E-state index contributed by atoms with van der Waals surface area (Å²) in [5.41, 5.74) is 7.08. The zero-order valence-corrected chi connectivity index (χ0v) is 14.3. The van der Waals surface area contributed by atoms with Gasteiger partial charge in [-0.1, -0.05) is 40.0 Å². The molecule has 0 saturated heterocycles. The Kier molecular flexibility index (Phi) is 5.18. The van der Waals surface area contributed by atoms with Crippen molar-refractivity contribution in [2.24, 2.45) is 17.1 Å². The van der Waals surface area contributed by atoms with Crippen LogP contribution in [0.5, 0.6) is 0 Å². The van der Waals surface area contributed by atoms with Crippen molar-refractivity contribution < 1.29 is 0 Å². The number of rotatable bonds is 3. The molecule has 0 aliphatic heterocycles. The molecule has 2 nitrogen and oxygen atoms in total. The van der Waals surface area contributed by atoms with E-state index in [4.69, 9.17) is 5.73 Å². The normalized spacial score (nSPS) is 38.7. The van der Waals surface area contributed by atoms with Crippen LogP contribution in [0.15, 0.2) is 0 Å². The van der Waals surface area contributed by atoms with Crippen LogP contribution in [-0.4, -0.2) is 30.1 Å². The number of nitrogens with zero attached hydrogens (tertiary/aromatic N) is 1. The summed E-state index contributed by atoms with van der Waals surface area (Å²) < 4.78 is 0. The monoisotopic (exact) mass is 280 g/mol. The van der Waals surface area contributed by atoms with Gasteiger partial charge in [-0.3, -0.25) is 4.90 Å². The highest BCUT2D eigenvalue weighted by Gasteiger charge is 2.40. The SMILES string of the molecule is CC1CCCC(N(C)C2(CN)CCCC(C)(C)CC2)C1. The van der Waals surface area contributed by atoms with Crippen molar-refractivity contribution in [3.05, 3.63) is 0 Å². The third-order valence-corrected chi connectivity index (χ3v) is 6.35. The third-order valence-electron chi connectivity index (χ3n) is 6.35. The van der Waals surface area contributed by atoms with Crippen LogP contribution in [0.3, 0.4) is 0 Å². The molecule has 0 heterocycles. The van der Waals surface area contributed by atoms with E-state index in [1.165, 1.54) is 57.8 Å². The van der Waals surface area contributed by atoms with Gasteiger partial charge in [0.2, 0.25) is 0 Å². The molecule has 118 valence electrons. The quantitative estimate of drug-likeness (QED) is 0.786. The summed E-state index contributed by atoms with van der Waals surface area (Å²) in [6.45, 7) is 8.13. The standard InChI is InChI=1S/C18H36N2/c1-15-7-5-8-16(13-15)20(4)18(14-19)10-6-9-17(2,3)11-12-18/h15-16H,5-14,19H2,1-4H3. The predicted octanol–water partition coefficient (Wildman–Crippen LogP) is 4.18. The van der Waals surface area contributed by atoms with Gasteiger partial charge in [-0.05, 0) is 56.9 Å². The minimum Gasteiger partial charge on any atom is -0.329 e. The second-order valence-corrected chi connectivity index (χ2v) is 8.48. The number of hydrogen-bond acceptors (Lipinski definition) is 2. The Morgan fingerprint density at radius 1 is 1.05 bits per heavy atom. The largest absolute Gasteiger partial charge is 0.329 e. The molecule has 0 radical (unpaired) electrons. The lowest BCUT2D eigenvalue weighted by Crippen LogP contribution is -2.56. The first-order valence-corrected chi connectivity index (χ1v) is 8.82. The van der Waals surface area contributed by atoms with E-state index in [0.717, 1.165) is 18.5 Å². The Labute approximate surface area is 126 Å². The molecule has 0 aromatic carbocycles. The Hall–Kier alpha value is -0.0800. The molecule has 2 aliphatic carbocycles. The maximum atomic E-state index is 6.30. The van der Waals surface area contributed by atoms with Crippen LogP contribution in [-0.2, 0) is 0 Å². The van der Waals surface area contributed by atoms with Crippen LogP contribution in [0.1, 0.15) is 78.6 Å². The first-order valence-electron chi connectivity index (χ1n) is 8.82. The Bertz CT molecular complexity index is 313. The van der Waals surface area contributed by atoms with Crippen molar-refractivity contribution in [2.75, 3.05) is 13.6 Å². The molecule has 0 aromatic rings. The fourth-order valence-corrected chi connectivity index (χ4v) is 4.56. The summed E-state index contributed by atoms with van der Waals surface area (Å²) >= 11 is 0. The van der Waals surface area contributed by atoms with E-state index in [1.807, 2.05) is 0 Å². The third kappa shape index (κ3) is 3.57. The zero-order valence-electron chi connectivity index (χ0n) is 14.3. The molecule has 3 atom stereocenters. The fourth-order valence-electron chi connectivity index (χ4n) is 4.56. The lowest BCUT2D eigenvalue weighted by molar-refractivity contribution is 0.0339. The number of hydrogen-bond donors (Lipinski definition) is 1. The van der Waals surface area contributed by atoms with Gasteiger partial charge < -0.3 is 5.73 Å². The first kappa shape index (κ1) is 16.3. The van der Waals surface area contributed by atoms with Crippen LogP contribution >= 0.6 is 0 Å². The Balaban J connectivity index is 2.09. The van der Waals surface area contributed by atoms with Crippen molar-refractivity contribution in [1.29, 1.82) is 0 Å². The van der Waals surface area contributed by atoms with E-state index in [1.54, 1.807) is 0 Å². The summed E-state index contributed by atoms with van der Waals surface area (Å²) in [6.07, 6.45) is 12.2. The molecular weight excluding hydrogens is 244 g/mol. The van der Waals surface area contributed by atoms with E-state index in [0.29, 0.717) is 5.41 Å². The maximum absolute atomic E-state index is 6.30. The second kappa shape index (κ2) is 6.36. The molecule has 2 heteroatoms. The van der Waals surface area contributed by atoms with Crippen molar-refractivity contribution in [3.63, 3.8) is 0 Å². The van der Waals surface area contributed by atoms with Gasteiger partial charge in [-0.15, -0.1) is 0 Å². The van der Waals surface area contributed by atoms with E-state index in [-0.39, 0.29) is 5.54 Å². The first-order chi connectivity index (χ1) is 9.38. The van der Waals surface area contributed by atoms with Gasteiger partial charge in [-0.2, -0.15) is 0 Å². The highest BCUT2D eigenvalue weighted by atomic mass is 15.2. The van der Waals surface area contributed by atoms with Gasteiger partial charge in [0.1, 0.15) is 0 Å². The highest BCUT2D eigenvalue weighted by molar-refractivity contribution is 4.97. The topological polar surface area (TPSA) is 29.3 Å². The molecule has 2 N–H and O–H groups in total. The average Bonchev–Trinajstić information content (AvgIpc) is 2.57. The van der Waals surface area contributed by atoms with Gasteiger partial charge in [0.15, 0.2) is 0 Å². The maximum Gasteiger partial charge on any atom is 0.0331 e. The van der Waals surface area contributed by atoms with Crippen LogP contribution in [0.4, 0.5) is 0 Å². The molecule has 20 heavy (non-hydrogen) atoms. The molecule has 2 aliphatic rings. The van der Waals surface area contributed by atoms with Gasteiger partial charge >= 0.3 is 0 Å². The summed E-state index contributed by atoms with van der Waals surface area (Å²) in [7, 11) is 2.37. The van der Waals surface area contributed by atoms with Crippen LogP contribution in [0.25, 0.3) is 0 Å². The average molecular weight is 280 g/mol. The van der Waals surface area contributed by atoms with Gasteiger partial charge in [0, 0.05) is 18.1 Å². The molecule has 0 aromatic heterocycles. The molecule has 2 rings (SSSR count). The number of likely N-dealkylation sites (N-methyl/N-ethyl adjacent to an activating group) is 1. The molecule has 3 unspecified atom stereocenters. The van der Waals surface area contributed by atoms with E-state index in [9.17, 15) is 0 Å². The summed E-state index contributed by atoms with van der Waals surface area (Å²) in [6, 6.07) is 0.767. The summed E-state index contributed by atoms with van der Waals surface area (Å²) in [5.74, 6) is 0.897. The molecular formula is C18H36N2. The fraction of sp³-hybridized carbons (Fsp3) is 1.00. The second-order valence-electron chi connectivity index (χ2n) is 8.48. The van der Waals surface area contributed by atoms with Crippen LogP contribution in [0.2, 0.25) is 0 Å². The summed E-state index contributed by atoms with van der Waals surface area (Å²) in [4.78, 5) is 2.71. The van der Waals surface area contributed by atoms with E-state index in [2.05, 4.69) is 32.7 Å².